The minimum absolute atomic E-state index is 0.551. The topological polar surface area (TPSA) is 18.5 Å². The first kappa shape index (κ1) is 12.9. The number of rotatable bonds is 2. The highest BCUT2D eigenvalue weighted by atomic mass is 35.5. The number of ether oxygens (including phenoxy) is 2. The maximum Gasteiger partial charge on any atom is 0.222 e. The molecule has 1 fully saturated rings. The summed E-state index contributed by atoms with van der Waals surface area (Å²) >= 11 is 12.0. The Balaban J connectivity index is 2.11. The Labute approximate surface area is 121 Å². The van der Waals surface area contributed by atoms with E-state index in [0.29, 0.717) is 23.3 Å². The summed E-state index contributed by atoms with van der Waals surface area (Å²) in [4.78, 5) is 0. The van der Waals surface area contributed by atoms with Crippen molar-refractivity contribution in [3.8, 4) is 0 Å². The van der Waals surface area contributed by atoms with Crippen LogP contribution in [0.3, 0.4) is 0 Å². The molecule has 0 radical (unpaired) electrons. The van der Waals surface area contributed by atoms with E-state index in [1.165, 1.54) is 0 Å². The molecule has 2 nitrogen and oxygen atoms in total. The van der Waals surface area contributed by atoms with Crippen molar-refractivity contribution in [1.29, 1.82) is 0 Å². The largest absolute Gasteiger partial charge is 0.340 e. The second-order valence-corrected chi connectivity index (χ2v) is 5.20. The molecule has 0 bridgehead atoms. The van der Waals surface area contributed by atoms with Crippen LogP contribution in [0.25, 0.3) is 0 Å². The Morgan fingerprint density at radius 3 is 2.11 bits per heavy atom. The first-order valence-corrected chi connectivity index (χ1v) is 6.76. The van der Waals surface area contributed by atoms with Gasteiger partial charge in [0.15, 0.2) is 0 Å². The molecule has 98 valence electrons. The van der Waals surface area contributed by atoms with E-state index in [9.17, 15) is 0 Å². The summed E-state index contributed by atoms with van der Waals surface area (Å²) in [6, 6.07) is 15.0. The van der Waals surface area contributed by atoms with Crippen molar-refractivity contribution in [2.45, 2.75) is 5.79 Å². The summed E-state index contributed by atoms with van der Waals surface area (Å²) in [5.74, 6) is -0.879. The van der Waals surface area contributed by atoms with E-state index in [1.54, 1.807) is 0 Å². The van der Waals surface area contributed by atoms with Crippen LogP contribution in [0.1, 0.15) is 11.1 Å². The van der Waals surface area contributed by atoms with Gasteiger partial charge in [0.1, 0.15) is 0 Å². The molecule has 0 aromatic heterocycles. The Bertz CT molecular complexity index is 575. The number of benzene rings is 2. The fourth-order valence-corrected chi connectivity index (χ4v) is 2.59. The molecule has 2 aromatic carbocycles. The zero-order valence-corrected chi connectivity index (χ0v) is 11.6. The maximum atomic E-state index is 6.07. The number of hydrogen-bond donors (Lipinski definition) is 0. The lowest BCUT2D eigenvalue weighted by atomic mass is 9.97. The standard InChI is InChI=1S/C15H12Cl2O2/c16-13-6-4-11(5-7-13)15(18-8-9-19-15)12-2-1-3-14(17)10-12/h1-7,10H,8-9H2. The van der Waals surface area contributed by atoms with Gasteiger partial charge in [-0.3, -0.25) is 0 Å². The highest BCUT2D eigenvalue weighted by Gasteiger charge is 2.40. The molecular weight excluding hydrogens is 283 g/mol. The molecule has 4 heteroatoms. The first-order valence-electron chi connectivity index (χ1n) is 6.01. The van der Waals surface area contributed by atoms with Gasteiger partial charge in [-0.05, 0) is 24.3 Å². The van der Waals surface area contributed by atoms with E-state index in [4.69, 9.17) is 32.7 Å². The monoisotopic (exact) mass is 294 g/mol. The van der Waals surface area contributed by atoms with Crippen LogP contribution in [0, 0.1) is 0 Å². The predicted octanol–water partition coefficient (Wildman–Crippen LogP) is 4.24. The molecule has 0 unspecified atom stereocenters. The number of halogens is 2. The molecule has 1 saturated heterocycles. The summed E-state index contributed by atoms with van der Waals surface area (Å²) < 4.78 is 11.8. The molecule has 0 spiro atoms. The van der Waals surface area contributed by atoms with Crippen molar-refractivity contribution in [3.05, 3.63) is 69.7 Å². The molecule has 0 N–H and O–H groups in total. The first-order chi connectivity index (χ1) is 9.21. The maximum absolute atomic E-state index is 6.07. The van der Waals surface area contributed by atoms with Gasteiger partial charge in [-0.2, -0.15) is 0 Å². The molecule has 0 atom stereocenters. The molecule has 0 aliphatic carbocycles. The van der Waals surface area contributed by atoms with E-state index < -0.39 is 5.79 Å². The van der Waals surface area contributed by atoms with Crippen LogP contribution in [0.5, 0.6) is 0 Å². The molecule has 0 saturated carbocycles. The second-order valence-electron chi connectivity index (χ2n) is 4.33. The average Bonchev–Trinajstić information content (AvgIpc) is 2.90. The Hall–Kier alpha value is -1.06. The molecule has 1 aliphatic heterocycles. The van der Waals surface area contributed by atoms with Gasteiger partial charge in [0.2, 0.25) is 5.79 Å². The van der Waals surface area contributed by atoms with Crippen molar-refractivity contribution in [1.82, 2.24) is 0 Å². The van der Waals surface area contributed by atoms with Gasteiger partial charge < -0.3 is 9.47 Å². The van der Waals surface area contributed by atoms with Crippen LogP contribution in [0.2, 0.25) is 10.0 Å². The van der Waals surface area contributed by atoms with E-state index in [2.05, 4.69) is 0 Å². The zero-order chi connectivity index (χ0) is 13.3. The van der Waals surface area contributed by atoms with Gasteiger partial charge in [0.25, 0.3) is 0 Å². The lowest BCUT2D eigenvalue weighted by molar-refractivity contribution is -0.129. The summed E-state index contributed by atoms with van der Waals surface area (Å²) in [6.45, 7) is 1.10. The Morgan fingerprint density at radius 2 is 1.47 bits per heavy atom. The third-order valence-electron chi connectivity index (χ3n) is 3.12. The Kier molecular flexibility index (Phi) is 3.50. The van der Waals surface area contributed by atoms with Gasteiger partial charge in [-0.25, -0.2) is 0 Å². The van der Waals surface area contributed by atoms with E-state index in [0.717, 1.165) is 11.1 Å². The van der Waals surface area contributed by atoms with Crippen molar-refractivity contribution in [2.75, 3.05) is 13.2 Å². The number of hydrogen-bond acceptors (Lipinski definition) is 2. The third kappa shape index (κ3) is 2.37. The Morgan fingerprint density at radius 1 is 0.789 bits per heavy atom. The highest BCUT2D eigenvalue weighted by molar-refractivity contribution is 6.30. The zero-order valence-electron chi connectivity index (χ0n) is 10.1. The second kappa shape index (κ2) is 5.14. The van der Waals surface area contributed by atoms with Crippen LogP contribution < -0.4 is 0 Å². The molecule has 1 heterocycles. The van der Waals surface area contributed by atoms with Crippen LogP contribution in [0.15, 0.2) is 48.5 Å². The molecule has 0 amide bonds. The van der Waals surface area contributed by atoms with Gasteiger partial charge in [0, 0.05) is 21.2 Å². The summed E-state index contributed by atoms with van der Waals surface area (Å²) in [5, 5.41) is 1.34. The molecular formula is C15H12Cl2O2. The fourth-order valence-electron chi connectivity index (χ4n) is 2.27. The average molecular weight is 295 g/mol. The molecule has 19 heavy (non-hydrogen) atoms. The van der Waals surface area contributed by atoms with Gasteiger partial charge in [-0.1, -0.05) is 47.5 Å². The molecule has 2 aromatic rings. The minimum Gasteiger partial charge on any atom is -0.340 e. The van der Waals surface area contributed by atoms with E-state index in [-0.39, 0.29) is 0 Å². The van der Waals surface area contributed by atoms with Crippen LogP contribution in [-0.4, -0.2) is 13.2 Å². The fraction of sp³-hybridized carbons (Fsp3) is 0.200. The minimum atomic E-state index is -0.879. The third-order valence-corrected chi connectivity index (χ3v) is 3.61. The van der Waals surface area contributed by atoms with Crippen LogP contribution >= 0.6 is 23.2 Å². The van der Waals surface area contributed by atoms with Crippen molar-refractivity contribution >= 4 is 23.2 Å². The van der Waals surface area contributed by atoms with Crippen molar-refractivity contribution < 1.29 is 9.47 Å². The molecule has 1 aliphatic rings. The quantitative estimate of drug-likeness (QED) is 0.825. The highest BCUT2D eigenvalue weighted by Crippen LogP contribution is 2.39. The van der Waals surface area contributed by atoms with Crippen molar-refractivity contribution in [3.63, 3.8) is 0 Å². The molecule has 3 rings (SSSR count). The predicted molar refractivity (Wildman–Crippen MR) is 75.6 cm³/mol. The van der Waals surface area contributed by atoms with Gasteiger partial charge in [-0.15, -0.1) is 0 Å². The van der Waals surface area contributed by atoms with Gasteiger partial charge >= 0.3 is 0 Å². The summed E-state index contributed by atoms with van der Waals surface area (Å²) in [6.07, 6.45) is 0. The van der Waals surface area contributed by atoms with E-state index >= 15 is 0 Å². The lowest BCUT2D eigenvalue weighted by Crippen LogP contribution is -2.28. The van der Waals surface area contributed by atoms with Gasteiger partial charge in [0.05, 0.1) is 13.2 Å². The lowest BCUT2D eigenvalue weighted by Gasteiger charge is -2.28. The summed E-state index contributed by atoms with van der Waals surface area (Å²) in [5.41, 5.74) is 1.80. The smallest absolute Gasteiger partial charge is 0.222 e. The SMILES string of the molecule is Clc1ccc(C2(c3cccc(Cl)c3)OCCO2)cc1. The normalized spacial score (nSPS) is 17.6. The summed E-state index contributed by atoms with van der Waals surface area (Å²) in [7, 11) is 0. The van der Waals surface area contributed by atoms with Crippen molar-refractivity contribution in [2.24, 2.45) is 0 Å². The van der Waals surface area contributed by atoms with Crippen LogP contribution in [-0.2, 0) is 15.3 Å². The van der Waals surface area contributed by atoms with Crippen LogP contribution in [0.4, 0.5) is 0 Å². The van der Waals surface area contributed by atoms with E-state index in [1.807, 2.05) is 48.5 Å².